The average Bonchev–Trinajstić information content (AvgIpc) is 1.69. The number of rotatable bonds is 45. The van der Waals surface area contributed by atoms with E-state index in [9.17, 15) is 39.0 Å². The highest BCUT2D eigenvalue weighted by Crippen LogP contribution is 2.25. The van der Waals surface area contributed by atoms with Gasteiger partial charge in [-0.3, -0.25) is 14.4 Å². The first kappa shape index (κ1) is 120. The minimum atomic E-state index is -0.828. The lowest BCUT2D eigenvalue weighted by molar-refractivity contribution is -0.118. The standard InChI is InChI=1S/C27H34N2O3.C27H35NO4.C22H27NO2.C18H19NO.C18H18O.C9H17NO2.ClH2NO/c1-27(2,3)31-26(30)28-18-17-24-20-25(29-32-24)23(19-22-13-8-5-9-14-22)16-10-15-21-11-6-4-7-12-21;1-27(2,3)32-26(31)28-18-17-24(29)20-25(30)23(19-22-13-8-5-9-14-22)16-10-15-21-11-6-4-7-12-21;23-15-14-21(24)17-22(25)20(16-19-10-5-2-6-11-19)13-7-12-18-8-3-1-4-9-18;20-19-15-18(14-17-10-5-2-6-11-17)13-7-12-16-8-3-1-4-9-16;19-15-18(14-17-10-5-2-6-11-17)13-7-12-16-8-3-1-4-9-16;1-5-6-7-10-8(11)12-9(2,3)4;1-2-3/h4-9,11-14,16,24H,10,15,17-20H2,1-3H3,(H,28,30);4-9,11-14,16,24,29H,10,15,17-20H2,1-3H3,(H,28,31);1-6,8-11,13,21,24H,7,12,14-17,23H2;1-6,8-11,13,15,20H,7,12,14H2;1-6,8-11,13,15H,7,12,14H2;5H,1,6-7H2,2-4H3,(H,10,11);2-3H/b;;;18-13?,19-15+;;;. The van der Waals surface area contributed by atoms with Crippen LogP contribution in [0.3, 0.4) is 0 Å². The van der Waals surface area contributed by atoms with Gasteiger partial charge in [0.25, 0.3) is 0 Å². The van der Waals surface area contributed by atoms with Gasteiger partial charge in [0, 0.05) is 76.4 Å². The smallest absolute Gasteiger partial charge is 0.407 e. The Morgan fingerprint density at radius 3 is 1.03 bits per heavy atom. The molecule has 21 nitrogen and oxygen atoms in total. The van der Waals surface area contributed by atoms with Gasteiger partial charge < -0.3 is 61.4 Å². The summed E-state index contributed by atoms with van der Waals surface area (Å²) in [6.45, 7) is 21.7. The third-order valence-electron chi connectivity index (χ3n) is 21.4. The summed E-state index contributed by atoms with van der Waals surface area (Å²) in [7, 11) is 0. The van der Waals surface area contributed by atoms with Crippen LogP contribution in [-0.2, 0) is 97.6 Å². The molecule has 10 aromatic carbocycles. The Bertz CT molecular complexity index is 5400. The van der Waals surface area contributed by atoms with Crippen molar-refractivity contribution in [3.63, 3.8) is 0 Å². The van der Waals surface area contributed by atoms with E-state index in [2.05, 4.69) is 190 Å². The maximum absolute atomic E-state index is 12.9. The lowest BCUT2D eigenvalue weighted by atomic mass is 9.95. The van der Waals surface area contributed by atoms with Crippen molar-refractivity contribution in [2.45, 2.75) is 239 Å². The largest absolute Gasteiger partial charge is 0.444 e. The fourth-order valence-corrected chi connectivity index (χ4v) is 14.4. The fourth-order valence-electron chi connectivity index (χ4n) is 14.4. The van der Waals surface area contributed by atoms with E-state index >= 15 is 0 Å². The molecule has 10 aromatic rings. The number of allylic oxidation sites excluding steroid dienone is 10. The van der Waals surface area contributed by atoms with Crippen LogP contribution in [0.4, 0.5) is 14.4 Å². The molecule has 0 aliphatic carbocycles. The van der Waals surface area contributed by atoms with E-state index < -0.39 is 41.2 Å². The second kappa shape index (κ2) is 71.8. The average molecular weight is 1960 g/mol. The maximum atomic E-state index is 12.9. The quantitative estimate of drug-likeness (QED) is 0.00197. The summed E-state index contributed by atoms with van der Waals surface area (Å²) < 4.78 is 15.5. The number of carbonyl (C=O) groups excluding carboxylic acids is 6. The molecular weight excluding hydrogens is 1810 g/mol. The van der Waals surface area contributed by atoms with Crippen LogP contribution in [0, 0.1) is 0 Å². The third-order valence-corrected chi connectivity index (χ3v) is 21.4. The van der Waals surface area contributed by atoms with Crippen molar-refractivity contribution in [1.82, 2.24) is 20.9 Å². The zero-order valence-corrected chi connectivity index (χ0v) is 85.8. The summed E-state index contributed by atoms with van der Waals surface area (Å²) in [5, 5.41) is 51.7. The molecule has 0 spiro atoms. The van der Waals surface area contributed by atoms with Gasteiger partial charge in [-0.1, -0.05) is 350 Å². The van der Waals surface area contributed by atoms with E-state index in [0.717, 1.165) is 136 Å². The van der Waals surface area contributed by atoms with Gasteiger partial charge in [-0.05, 0) is 249 Å². The monoisotopic (exact) mass is 1960 g/mol. The molecule has 0 saturated heterocycles. The molecule has 0 fully saturated rings. The highest BCUT2D eigenvalue weighted by atomic mass is 35.5. The fraction of sp³-hybridized carbons (Fsp3) is 0.339. The molecule has 1 heterocycles. The molecule has 1 aliphatic heterocycles. The highest BCUT2D eigenvalue weighted by Gasteiger charge is 2.26. The number of hydrogen-bond donors (Lipinski definition) is 9. The number of aliphatic hydroxyl groups excluding tert-OH is 2. The zero-order valence-electron chi connectivity index (χ0n) is 85.0. The number of aryl methyl sites for hydroxylation is 5. The maximum Gasteiger partial charge on any atom is 0.407 e. The minimum Gasteiger partial charge on any atom is -0.444 e. The molecule has 0 aromatic heterocycles. The Kier molecular flexibility index (Phi) is 60.3. The first-order valence-electron chi connectivity index (χ1n) is 49.3. The summed E-state index contributed by atoms with van der Waals surface area (Å²) in [4.78, 5) is 78.1. The van der Waals surface area contributed by atoms with Crippen molar-refractivity contribution in [2.75, 3.05) is 26.2 Å². The number of benzene rings is 10. The van der Waals surface area contributed by atoms with Crippen LogP contribution in [0.5, 0.6) is 0 Å². The number of hydrogen-bond acceptors (Lipinski definition) is 18. The number of nitrogens with zero attached hydrogens (tertiary/aromatic N) is 2. The van der Waals surface area contributed by atoms with Gasteiger partial charge in [0.15, 0.2) is 11.6 Å². The molecule has 143 heavy (non-hydrogen) atoms. The van der Waals surface area contributed by atoms with Crippen molar-refractivity contribution in [2.24, 2.45) is 16.0 Å². The van der Waals surface area contributed by atoms with E-state index in [0.29, 0.717) is 50.9 Å². The van der Waals surface area contributed by atoms with Gasteiger partial charge in [-0.2, -0.15) is 0 Å². The highest BCUT2D eigenvalue weighted by molar-refractivity contribution is 6.12. The van der Waals surface area contributed by atoms with E-state index in [1.807, 2.05) is 230 Å². The molecule has 10 N–H and O–H groups in total. The zero-order chi connectivity index (χ0) is 104. The topological polar surface area (TPSA) is 319 Å². The summed E-state index contributed by atoms with van der Waals surface area (Å²) in [6, 6.07) is 102. The molecule has 0 saturated carbocycles. The molecule has 1 aliphatic rings. The van der Waals surface area contributed by atoms with Crippen molar-refractivity contribution >= 4 is 59.8 Å². The number of ether oxygens (including phenoxy) is 3. The van der Waals surface area contributed by atoms with Crippen molar-refractivity contribution in [1.29, 1.82) is 0 Å². The first-order chi connectivity index (χ1) is 68.9. The number of aliphatic hydroxyl groups is 2. The van der Waals surface area contributed by atoms with Crippen LogP contribution in [0.2, 0.25) is 0 Å². The summed E-state index contributed by atoms with van der Waals surface area (Å²) in [6.07, 6.45) is 27.6. The van der Waals surface area contributed by atoms with Crippen LogP contribution < -0.4 is 26.7 Å². The van der Waals surface area contributed by atoms with E-state index in [4.69, 9.17) is 35.2 Å². The predicted molar refractivity (Wildman–Crippen MR) is 581 cm³/mol. The number of aldehydes is 1. The molecule has 11 rings (SSSR count). The lowest BCUT2D eigenvalue weighted by Crippen LogP contribution is -2.34. The van der Waals surface area contributed by atoms with E-state index in [1.165, 1.54) is 61.3 Å². The van der Waals surface area contributed by atoms with Crippen molar-refractivity contribution in [3.8, 4) is 0 Å². The Hall–Kier alpha value is -13.5. The molecule has 3 amide bonds. The Labute approximate surface area is 854 Å². The van der Waals surface area contributed by atoms with Gasteiger partial charge in [-0.15, -0.1) is 11.6 Å². The van der Waals surface area contributed by atoms with Crippen LogP contribution in [0.25, 0.3) is 0 Å². The van der Waals surface area contributed by atoms with Gasteiger partial charge in [0.1, 0.15) is 29.2 Å². The predicted octanol–water partition coefficient (Wildman–Crippen LogP) is 24.8. The van der Waals surface area contributed by atoms with E-state index in [-0.39, 0.29) is 49.6 Å². The number of ketones is 2. The number of carbonyl (C=O) groups is 6. The number of oxime groups is 2. The third kappa shape index (κ3) is 59.8. The van der Waals surface area contributed by atoms with Gasteiger partial charge in [0.05, 0.1) is 24.1 Å². The first-order valence-corrected chi connectivity index (χ1v) is 49.7. The normalized spacial score (nSPS) is 12.9. The Morgan fingerprint density at radius 2 is 0.706 bits per heavy atom. The second-order valence-electron chi connectivity index (χ2n) is 37.2. The number of halogens is 1. The number of nitrogens with two attached hydrogens (primary N) is 1. The van der Waals surface area contributed by atoms with Crippen LogP contribution >= 0.6 is 11.8 Å². The lowest BCUT2D eigenvalue weighted by Gasteiger charge is -2.20. The van der Waals surface area contributed by atoms with Crippen LogP contribution in [0.1, 0.15) is 195 Å². The van der Waals surface area contributed by atoms with Crippen LogP contribution in [0.15, 0.2) is 385 Å². The van der Waals surface area contributed by atoms with Crippen molar-refractivity contribution in [3.05, 3.63) is 430 Å². The molecule has 0 radical (unpaired) electrons. The molecule has 3 atom stereocenters. The molecule has 3 unspecified atom stereocenters. The molecule has 22 heteroatoms. The second-order valence-corrected chi connectivity index (χ2v) is 37.3. The molecule has 762 valence electrons. The summed E-state index contributed by atoms with van der Waals surface area (Å²) in [5.74, 6) is -0.0513. The number of nitrogens with one attached hydrogen (secondary N) is 4. The van der Waals surface area contributed by atoms with Crippen LogP contribution in [-0.4, -0.2) is 130 Å². The number of Topliss-reactive ketones (excluding diaryl/α,β-unsaturated/α-hetero) is 2. The Morgan fingerprint density at radius 1 is 0.420 bits per heavy atom. The molecular formula is C121H152ClN7O14. The number of alkyl carbamates (subject to hydrolysis) is 3. The summed E-state index contributed by atoms with van der Waals surface area (Å²) >= 11 is 4.30. The number of amides is 3. The molecule has 0 bridgehead atoms. The van der Waals surface area contributed by atoms with Gasteiger partial charge in [-0.25, -0.2) is 14.4 Å². The Balaban J connectivity index is 0.000000307. The minimum absolute atomic E-state index is 0.0119. The van der Waals surface area contributed by atoms with E-state index in [1.54, 1.807) is 26.8 Å². The van der Waals surface area contributed by atoms with Gasteiger partial charge >= 0.3 is 18.3 Å². The SMILES string of the molecule is C=CCCNC(=O)OC(C)(C)C.CC(C)(C)OC(=O)NCCC(O)CC(=O)C(=CCCc1ccccc1)Cc1ccccc1.CC(C)(C)OC(=O)NCCC1CC(C(=CCCc2ccccc2)Cc2ccccc2)=NO1.NCCC(O)CC(=O)C(=CCCc1ccccc1)Cc1ccccc1.O/N=C/C(=CCCc1ccccc1)Cc1ccccc1.O=CC(=CCCc1ccccc1)Cc1ccccc1.ONCl. The van der Waals surface area contributed by atoms with Gasteiger partial charge in [0.2, 0.25) is 0 Å². The summed E-state index contributed by atoms with van der Waals surface area (Å²) in [5.41, 5.74) is 21.9. The van der Waals surface area contributed by atoms with Crippen molar-refractivity contribution < 1.29 is 68.4 Å².